The average molecular weight is 342 g/mol. The fourth-order valence-electron chi connectivity index (χ4n) is 4.46. The third kappa shape index (κ3) is 2.65. The lowest BCUT2D eigenvalue weighted by Gasteiger charge is -2.32. The Morgan fingerprint density at radius 3 is 2.80 bits per heavy atom. The van der Waals surface area contributed by atoms with Gasteiger partial charge in [0.25, 0.3) is 5.91 Å². The van der Waals surface area contributed by atoms with Gasteiger partial charge in [-0.25, -0.2) is 4.79 Å². The van der Waals surface area contributed by atoms with E-state index >= 15 is 0 Å². The number of carboxylic acids is 1. The number of hydrogen-bond acceptors (Lipinski definition) is 3. The maximum Gasteiger partial charge on any atom is 0.326 e. The molecule has 0 radical (unpaired) electrons. The number of aromatic nitrogens is 1. The predicted molar refractivity (Wildman–Crippen MR) is 92.8 cm³/mol. The standard InChI is InChI=1S/C19H22N2O4/c1-25-13-6-7-14-12(8-13)9-15(20-14)18(22)21-16-5-3-2-4-11(16)10-17(21)19(23)24/h6-9,11,16-17,20H,2-5,10H2,1H3,(H,23,24). The van der Waals surface area contributed by atoms with Crippen molar-refractivity contribution in [3.8, 4) is 5.75 Å². The van der Waals surface area contributed by atoms with Crippen LogP contribution >= 0.6 is 0 Å². The van der Waals surface area contributed by atoms with Gasteiger partial charge >= 0.3 is 5.97 Å². The molecule has 1 saturated carbocycles. The summed E-state index contributed by atoms with van der Waals surface area (Å²) in [6, 6.07) is 6.68. The van der Waals surface area contributed by atoms with Gasteiger partial charge in [-0.2, -0.15) is 0 Å². The van der Waals surface area contributed by atoms with Gasteiger partial charge in [-0.15, -0.1) is 0 Å². The second kappa shape index (κ2) is 6.10. The highest BCUT2D eigenvalue weighted by molar-refractivity contribution is 6.00. The van der Waals surface area contributed by atoms with Gasteiger partial charge in [0.2, 0.25) is 0 Å². The monoisotopic (exact) mass is 342 g/mol. The number of nitrogens with one attached hydrogen (secondary N) is 1. The summed E-state index contributed by atoms with van der Waals surface area (Å²) in [5, 5.41) is 10.5. The molecule has 0 spiro atoms. The van der Waals surface area contributed by atoms with Crippen molar-refractivity contribution in [3.63, 3.8) is 0 Å². The van der Waals surface area contributed by atoms with Crippen LogP contribution in [0.1, 0.15) is 42.6 Å². The number of carboxylic acid groups (broad SMARTS) is 1. The molecule has 1 aromatic carbocycles. The minimum absolute atomic E-state index is 0.0447. The van der Waals surface area contributed by atoms with E-state index in [0.29, 0.717) is 18.0 Å². The van der Waals surface area contributed by atoms with Crippen molar-refractivity contribution in [2.75, 3.05) is 7.11 Å². The van der Waals surface area contributed by atoms with Crippen LogP contribution in [0.3, 0.4) is 0 Å². The normalized spacial score (nSPS) is 25.8. The van der Waals surface area contributed by atoms with Crippen LogP contribution in [-0.2, 0) is 4.79 Å². The molecule has 2 N–H and O–H groups in total. The largest absolute Gasteiger partial charge is 0.497 e. The quantitative estimate of drug-likeness (QED) is 0.898. The number of amides is 1. The number of carbonyl (C=O) groups excluding carboxylic acids is 1. The van der Waals surface area contributed by atoms with Gasteiger partial charge in [-0.3, -0.25) is 4.79 Å². The van der Waals surface area contributed by atoms with Gasteiger partial charge in [0, 0.05) is 16.9 Å². The van der Waals surface area contributed by atoms with Crippen molar-refractivity contribution < 1.29 is 19.4 Å². The molecule has 3 atom stereocenters. The Hall–Kier alpha value is -2.50. The summed E-state index contributed by atoms with van der Waals surface area (Å²) in [4.78, 5) is 29.6. The van der Waals surface area contributed by atoms with Crippen molar-refractivity contribution in [2.45, 2.75) is 44.2 Å². The molecule has 4 rings (SSSR count). The molecule has 1 amide bonds. The molecule has 6 heteroatoms. The first-order valence-electron chi connectivity index (χ1n) is 8.80. The smallest absolute Gasteiger partial charge is 0.326 e. The fraction of sp³-hybridized carbons (Fsp3) is 0.474. The van der Waals surface area contributed by atoms with Crippen LogP contribution in [0.4, 0.5) is 0 Å². The number of hydrogen-bond donors (Lipinski definition) is 2. The van der Waals surface area contributed by atoms with E-state index in [9.17, 15) is 14.7 Å². The Bertz CT molecular complexity index is 828. The van der Waals surface area contributed by atoms with Crippen molar-refractivity contribution in [1.82, 2.24) is 9.88 Å². The second-order valence-corrected chi connectivity index (χ2v) is 7.05. The van der Waals surface area contributed by atoms with E-state index in [1.54, 1.807) is 18.1 Å². The summed E-state index contributed by atoms with van der Waals surface area (Å²) in [5.41, 5.74) is 1.29. The molecular weight excluding hydrogens is 320 g/mol. The number of ether oxygens (including phenoxy) is 1. The molecule has 1 aliphatic heterocycles. The maximum atomic E-state index is 13.1. The Labute approximate surface area is 145 Å². The number of fused-ring (bicyclic) bond motifs is 2. The third-order valence-corrected chi connectivity index (χ3v) is 5.67. The Morgan fingerprint density at radius 1 is 1.24 bits per heavy atom. The van der Waals surface area contributed by atoms with Crippen molar-refractivity contribution in [3.05, 3.63) is 30.0 Å². The van der Waals surface area contributed by atoms with Crippen LogP contribution in [0.2, 0.25) is 0 Å². The fourth-order valence-corrected chi connectivity index (χ4v) is 4.46. The zero-order chi connectivity index (χ0) is 17.6. The number of benzene rings is 1. The lowest BCUT2D eigenvalue weighted by Crippen LogP contribution is -2.46. The van der Waals surface area contributed by atoms with E-state index in [-0.39, 0.29) is 11.9 Å². The Morgan fingerprint density at radius 2 is 2.04 bits per heavy atom. The summed E-state index contributed by atoms with van der Waals surface area (Å²) < 4.78 is 5.22. The Balaban J connectivity index is 1.69. The number of rotatable bonds is 3. The molecular formula is C19H22N2O4. The van der Waals surface area contributed by atoms with Crippen LogP contribution in [-0.4, -0.2) is 46.1 Å². The molecule has 2 aliphatic rings. The van der Waals surface area contributed by atoms with Gasteiger partial charge in [0.1, 0.15) is 17.5 Å². The van der Waals surface area contributed by atoms with Crippen LogP contribution in [0.5, 0.6) is 5.75 Å². The predicted octanol–water partition coefficient (Wildman–Crippen LogP) is 3.03. The molecule has 0 bridgehead atoms. The molecule has 2 fully saturated rings. The molecule has 132 valence electrons. The molecule has 1 aliphatic carbocycles. The molecule has 25 heavy (non-hydrogen) atoms. The third-order valence-electron chi connectivity index (χ3n) is 5.67. The van der Waals surface area contributed by atoms with E-state index in [2.05, 4.69) is 4.98 Å². The highest BCUT2D eigenvalue weighted by Crippen LogP contribution is 2.40. The van der Waals surface area contributed by atoms with Crippen LogP contribution in [0.15, 0.2) is 24.3 Å². The Kier molecular flexibility index (Phi) is 3.90. The number of aliphatic carboxylic acids is 1. The summed E-state index contributed by atoms with van der Waals surface area (Å²) >= 11 is 0. The molecule has 1 aromatic heterocycles. The first kappa shape index (κ1) is 16.0. The number of carbonyl (C=O) groups is 2. The summed E-state index contributed by atoms with van der Waals surface area (Å²) in [6.45, 7) is 0. The van der Waals surface area contributed by atoms with Crippen LogP contribution in [0, 0.1) is 5.92 Å². The van der Waals surface area contributed by atoms with Crippen molar-refractivity contribution in [1.29, 1.82) is 0 Å². The number of aromatic amines is 1. The highest BCUT2D eigenvalue weighted by Gasteiger charge is 2.47. The molecule has 1 saturated heterocycles. The number of methoxy groups -OCH3 is 1. The minimum Gasteiger partial charge on any atom is -0.497 e. The van der Waals surface area contributed by atoms with Gasteiger partial charge < -0.3 is 19.7 Å². The van der Waals surface area contributed by atoms with Gasteiger partial charge in [-0.1, -0.05) is 12.8 Å². The number of likely N-dealkylation sites (tertiary alicyclic amines) is 1. The second-order valence-electron chi connectivity index (χ2n) is 7.05. The van der Waals surface area contributed by atoms with E-state index < -0.39 is 12.0 Å². The lowest BCUT2D eigenvalue weighted by molar-refractivity contribution is -0.141. The molecule has 3 unspecified atom stereocenters. The summed E-state index contributed by atoms with van der Waals surface area (Å²) in [5.74, 6) is -0.0804. The van der Waals surface area contributed by atoms with Gasteiger partial charge in [-0.05, 0) is 49.4 Å². The maximum absolute atomic E-state index is 13.1. The molecule has 2 aromatic rings. The topological polar surface area (TPSA) is 82.6 Å². The first-order chi connectivity index (χ1) is 12.1. The molecule has 6 nitrogen and oxygen atoms in total. The number of nitrogens with zero attached hydrogens (tertiary/aromatic N) is 1. The van der Waals surface area contributed by atoms with Crippen LogP contribution in [0.25, 0.3) is 10.9 Å². The number of H-pyrrole nitrogens is 1. The SMILES string of the molecule is COc1ccc2[nH]c(C(=O)N3C(C(=O)O)CC4CCCCC43)cc2c1. The first-order valence-corrected chi connectivity index (χ1v) is 8.80. The van der Waals surface area contributed by atoms with E-state index in [1.165, 1.54) is 0 Å². The highest BCUT2D eigenvalue weighted by atomic mass is 16.5. The van der Waals surface area contributed by atoms with E-state index in [4.69, 9.17) is 4.74 Å². The average Bonchev–Trinajstić information content (AvgIpc) is 3.21. The zero-order valence-corrected chi connectivity index (χ0v) is 14.2. The van der Waals surface area contributed by atoms with E-state index in [1.807, 2.05) is 18.2 Å². The molecule has 2 heterocycles. The van der Waals surface area contributed by atoms with Crippen LogP contribution < -0.4 is 4.74 Å². The van der Waals surface area contributed by atoms with Gasteiger partial charge in [0.05, 0.1) is 7.11 Å². The zero-order valence-electron chi connectivity index (χ0n) is 14.2. The minimum atomic E-state index is -0.902. The summed E-state index contributed by atoms with van der Waals surface area (Å²) in [7, 11) is 1.60. The van der Waals surface area contributed by atoms with Crippen molar-refractivity contribution in [2.24, 2.45) is 5.92 Å². The lowest BCUT2D eigenvalue weighted by atomic mass is 9.84. The summed E-state index contributed by atoms with van der Waals surface area (Å²) in [6.07, 6.45) is 4.67. The van der Waals surface area contributed by atoms with E-state index in [0.717, 1.165) is 42.3 Å². The van der Waals surface area contributed by atoms with Crippen molar-refractivity contribution >= 4 is 22.8 Å². The van der Waals surface area contributed by atoms with Gasteiger partial charge in [0.15, 0.2) is 0 Å².